The molecule has 0 saturated carbocycles. The van der Waals surface area contributed by atoms with E-state index in [1.54, 1.807) is 11.3 Å². The second-order valence-corrected chi connectivity index (χ2v) is 7.90. The lowest BCUT2D eigenvalue weighted by Gasteiger charge is -2.34. The summed E-state index contributed by atoms with van der Waals surface area (Å²) in [7, 11) is 0. The molecule has 5 nitrogen and oxygen atoms in total. The minimum atomic E-state index is 0.0238. The van der Waals surface area contributed by atoms with Gasteiger partial charge in [-0.15, -0.1) is 11.3 Å². The summed E-state index contributed by atoms with van der Waals surface area (Å²) in [6.45, 7) is 6.00. The number of hydrogen-bond acceptors (Lipinski definition) is 5. The molecule has 4 rings (SSSR count). The van der Waals surface area contributed by atoms with Crippen LogP contribution in [0.3, 0.4) is 0 Å². The molecule has 0 unspecified atom stereocenters. The second-order valence-electron chi connectivity index (χ2n) is 6.84. The Hall–Kier alpha value is -2.70. The summed E-state index contributed by atoms with van der Waals surface area (Å²) in [5, 5.41) is 3.21. The van der Waals surface area contributed by atoms with E-state index in [-0.39, 0.29) is 5.91 Å². The van der Waals surface area contributed by atoms with E-state index >= 15 is 0 Å². The zero-order chi connectivity index (χ0) is 19.3. The first-order valence-corrected chi connectivity index (χ1v) is 10.3. The van der Waals surface area contributed by atoms with Crippen molar-refractivity contribution in [3.63, 3.8) is 0 Å². The van der Waals surface area contributed by atoms with Crippen LogP contribution >= 0.6 is 11.3 Å². The number of rotatable bonds is 5. The summed E-state index contributed by atoms with van der Waals surface area (Å²) in [4.78, 5) is 21.9. The molecule has 2 aromatic carbocycles. The number of aromatic nitrogens is 1. The Morgan fingerprint density at radius 3 is 2.46 bits per heavy atom. The third-order valence-electron chi connectivity index (χ3n) is 4.80. The van der Waals surface area contributed by atoms with Gasteiger partial charge in [-0.1, -0.05) is 30.3 Å². The quantitative estimate of drug-likeness (QED) is 0.652. The summed E-state index contributed by atoms with van der Waals surface area (Å²) < 4.78 is 5.96. The van der Waals surface area contributed by atoms with Crippen LogP contribution in [0, 0.1) is 6.92 Å². The molecule has 0 bridgehead atoms. The zero-order valence-corrected chi connectivity index (χ0v) is 16.7. The molecule has 0 N–H and O–H groups in total. The molecule has 6 heteroatoms. The van der Waals surface area contributed by atoms with E-state index in [1.165, 1.54) is 0 Å². The number of carbonyl (C=O) groups excluding carboxylic acids is 1. The van der Waals surface area contributed by atoms with E-state index in [2.05, 4.69) is 15.3 Å². The number of benzene rings is 2. The predicted octanol–water partition coefficient (Wildman–Crippen LogP) is 4.20. The van der Waals surface area contributed by atoms with Crippen molar-refractivity contribution in [2.45, 2.75) is 13.5 Å². The molecule has 0 aliphatic carbocycles. The van der Waals surface area contributed by atoms with Crippen molar-refractivity contribution in [1.29, 1.82) is 0 Å². The summed E-state index contributed by atoms with van der Waals surface area (Å²) in [6, 6.07) is 17.0. The lowest BCUT2D eigenvalue weighted by Crippen LogP contribution is -2.48. The molecule has 28 heavy (non-hydrogen) atoms. The fourth-order valence-electron chi connectivity index (χ4n) is 3.34. The van der Waals surface area contributed by atoms with Gasteiger partial charge in [0.2, 0.25) is 0 Å². The first-order chi connectivity index (χ1) is 13.7. The van der Waals surface area contributed by atoms with Crippen molar-refractivity contribution < 1.29 is 9.53 Å². The minimum Gasteiger partial charge on any atom is -0.457 e. The van der Waals surface area contributed by atoms with Crippen LogP contribution in [0.2, 0.25) is 0 Å². The average molecular weight is 394 g/mol. The van der Waals surface area contributed by atoms with Gasteiger partial charge in [0.05, 0.1) is 16.3 Å². The molecule has 0 radical (unpaired) electrons. The van der Waals surface area contributed by atoms with E-state index in [9.17, 15) is 4.79 Å². The number of aryl methyl sites for hydroxylation is 1. The normalized spacial score (nSPS) is 14.8. The first kappa shape index (κ1) is 18.7. The van der Waals surface area contributed by atoms with Crippen molar-refractivity contribution in [3.05, 3.63) is 76.2 Å². The number of carbonyl (C=O) groups is 1. The maximum absolute atomic E-state index is 13.1. The number of amides is 1. The summed E-state index contributed by atoms with van der Waals surface area (Å²) in [6.07, 6.45) is 0. The van der Waals surface area contributed by atoms with Gasteiger partial charge in [0.15, 0.2) is 0 Å². The Morgan fingerprint density at radius 2 is 1.75 bits per heavy atom. The molecule has 1 fully saturated rings. The molecule has 1 aliphatic rings. The highest BCUT2D eigenvalue weighted by Crippen LogP contribution is 2.26. The van der Waals surface area contributed by atoms with E-state index < -0.39 is 0 Å². The van der Waals surface area contributed by atoms with Crippen LogP contribution in [0.15, 0.2) is 60.0 Å². The largest absolute Gasteiger partial charge is 0.457 e. The average Bonchev–Trinajstić information content (AvgIpc) is 3.14. The molecule has 2 heterocycles. The molecule has 1 amide bonds. The maximum Gasteiger partial charge on any atom is 0.257 e. The monoisotopic (exact) mass is 393 g/mol. The topological polar surface area (TPSA) is 45.7 Å². The lowest BCUT2D eigenvalue weighted by atomic mass is 10.1. The van der Waals surface area contributed by atoms with Gasteiger partial charge in [-0.2, -0.15) is 0 Å². The summed E-state index contributed by atoms with van der Waals surface area (Å²) >= 11 is 1.68. The Kier molecular flexibility index (Phi) is 5.69. The standard InChI is InChI=1S/C22H23N3O2S/c1-17-23-18(16-28-17)15-24-11-13-25(14-12-24)22(26)20-9-5-6-10-21(20)27-19-7-3-2-4-8-19/h2-10,16H,11-15H2,1H3. The fraction of sp³-hybridized carbons (Fsp3) is 0.273. The van der Waals surface area contributed by atoms with Crippen LogP contribution in [-0.2, 0) is 6.54 Å². The number of nitrogens with zero attached hydrogens (tertiary/aromatic N) is 3. The smallest absolute Gasteiger partial charge is 0.257 e. The number of piperazine rings is 1. The van der Waals surface area contributed by atoms with Crippen LogP contribution in [0.1, 0.15) is 21.1 Å². The highest BCUT2D eigenvalue weighted by molar-refractivity contribution is 7.09. The molecule has 1 aliphatic heterocycles. The number of thiazole rings is 1. The minimum absolute atomic E-state index is 0.0238. The third-order valence-corrected chi connectivity index (χ3v) is 5.62. The van der Waals surface area contributed by atoms with Crippen LogP contribution < -0.4 is 4.74 Å². The Balaban J connectivity index is 1.40. The van der Waals surface area contributed by atoms with Crippen LogP contribution in [0.5, 0.6) is 11.5 Å². The van der Waals surface area contributed by atoms with Gasteiger partial charge in [0.25, 0.3) is 5.91 Å². The second kappa shape index (κ2) is 8.54. The van der Waals surface area contributed by atoms with Crippen LogP contribution in [0.25, 0.3) is 0 Å². The van der Waals surface area contributed by atoms with Gasteiger partial charge in [-0.3, -0.25) is 9.69 Å². The van der Waals surface area contributed by atoms with Crippen molar-refractivity contribution in [2.75, 3.05) is 26.2 Å². The number of para-hydroxylation sites is 2. The van der Waals surface area contributed by atoms with Gasteiger partial charge >= 0.3 is 0 Å². The lowest BCUT2D eigenvalue weighted by molar-refractivity contribution is 0.0625. The zero-order valence-electron chi connectivity index (χ0n) is 15.9. The molecule has 1 saturated heterocycles. The van der Waals surface area contributed by atoms with Gasteiger partial charge in [0, 0.05) is 38.1 Å². The molecular weight excluding hydrogens is 370 g/mol. The van der Waals surface area contributed by atoms with Crippen LogP contribution in [0.4, 0.5) is 0 Å². The van der Waals surface area contributed by atoms with E-state index in [1.807, 2.05) is 66.4 Å². The van der Waals surface area contributed by atoms with E-state index in [0.717, 1.165) is 36.1 Å². The Labute approximate surface area is 169 Å². The molecular formula is C22H23N3O2S. The summed E-state index contributed by atoms with van der Waals surface area (Å²) in [5.41, 5.74) is 1.72. The van der Waals surface area contributed by atoms with Crippen molar-refractivity contribution in [3.8, 4) is 11.5 Å². The van der Waals surface area contributed by atoms with Crippen molar-refractivity contribution >= 4 is 17.2 Å². The molecule has 1 aromatic heterocycles. The predicted molar refractivity (Wildman–Crippen MR) is 111 cm³/mol. The maximum atomic E-state index is 13.1. The third kappa shape index (κ3) is 4.40. The van der Waals surface area contributed by atoms with Crippen LogP contribution in [-0.4, -0.2) is 46.9 Å². The van der Waals surface area contributed by atoms with Crippen molar-refractivity contribution in [2.24, 2.45) is 0 Å². The van der Waals surface area contributed by atoms with E-state index in [0.29, 0.717) is 24.4 Å². The van der Waals surface area contributed by atoms with E-state index in [4.69, 9.17) is 4.74 Å². The van der Waals surface area contributed by atoms with Crippen molar-refractivity contribution in [1.82, 2.24) is 14.8 Å². The Morgan fingerprint density at radius 1 is 1.04 bits per heavy atom. The molecule has 3 aromatic rings. The van der Waals surface area contributed by atoms with Gasteiger partial charge < -0.3 is 9.64 Å². The first-order valence-electron chi connectivity index (χ1n) is 9.43. The van der Waals surface area contributed by atoms with Gasteiger partial charge in [0.1, 0.15) is 11.5 Å². The molecule has 144 valence electrons. The summed E-state index contributed by atoms with van der Waals surface area (Å²) in [5.74, 6) is 1.35. The SMILES string of the molecule is Cc1nc(CN2CCN(C(=O)c3ccccc3Oc3ccccc3)CC2)cs1. The fourth-order valence-corrected chi connectivity index (χ4v) is 3.94. The van der Waals surface area contributed by atoms with Gasteiger partial charge in [-0.05, 0) is 31.2 Å². The molecule has 0 spiro atoms. The molecule has 0 atom stereocenters. The Bertz CT molecular complexity index is 934. The van der Waals surface area contributed by atoms with Gasteiger partial charge in [-0.25, -0.2) is 4.98 Å². The number of hydrogen-bond donors (Lipinski definition) is 0. The highest BCUT2D eigenvalue weighted by atomic mass is 32.1. The number of ether oxygens (including phenoxy) is 1. The highest BCUT2D eigenvalue weighted by Gasteiger charge is 2.24.